The number of hydrogen-bond acceptors (Lipinski definition) is 8. The van der Waals surface area contributed by atoms with E-state index in [0.29, 0.717) is 58.7 Å². The highest BCUT2D eigenvalue weighted by molar-refractivity contribution is 9.10. The number of rotatable bonds is 8. The number of amides is 3. The van der Waals surface area contributed by atoms with Gasteiger partial charge in [-0.3, -0.25) is 19.3 Å². The summed E-state index contributed by atoms with van der Waals surface area (Å²) in [7, 11) is -3.95. The van der Waals surface area contributed by atoms with E-state index in [0.717, 1.165) is 28.1 Å². The van der Waals surface area contributed by atoms with Gasteiger partial charge in [-0.25, -0.2) is 8.42 Å². The number of fused-ring (bicyclic) bond motifs is 1. The van der Waals surface area contributed by atoms with Crippen LogP contribution in [0.1, 0.15) is 36.2 Å². The van der Waals surface area contributed by atoms with E-state index < -0.39 is 16.1 Å². The minimum absolute atomic E-state index is 0.0294. The SMILES string of the molecule is O=C(c1ccno1)N1CCN(CC2CCCN2C(=O)CN2CCCC(NS(=O)(=O)c3ccc4cc(Br)ccc4c3)C2=O)CC1. The normalized spacial score (nSPS) is 21.8. The predicted molar refractivity (Wildman–Crippen MR) is 165 cm³/mol. The van der Waals surface area contributed by atoms with Gasteiger partial charge in [0.15, 0.2) is 0 Å². The molecule has 234 valence electrons. The Bertz CT molecular complexity index is 1640. The monoisotopic (exact) mass is 686 g/mol. The van der Waals surface area contributed by atoms with Gasteiger partial charge in [0, 0.05) is 62.4 Å². The summed E-state index contributed by atoms with van der Waals surface area (Å²) >= 11 is 3.43. The number of aromatic nitrogens is 1. The first-order valence-corrected chi connectivity index (χ1v) is 17.2. The second-order valence-corrected chi connectivity index (χ2v) is 14.2. The highest BCUT2D eigenvalue weighted by atomic mass is 79.9. The van der Waals surface area contributed by atoms with Crippen molar-refractivity contribution >= 4 is 54.4 Å². The van der Waals surface area contributed by atoms with Gasteiger partial charge in [0.1, 0.15) is 6.04 Å². The van der Waals surface area contributed by atoms with E-state index in [1.165, 1.54) is 17.2 Å². The Labute approximate surface area is 264 Å². The molecule has 3 aromatic rings. The Kier molecular flexibility index (Phi) is 9.03. The molecular weight excluding hydrogens is 652 g/mol. The molecule has 3 amide bonds. The van der Waals surface area contributed by atoms with Crippen LogP contribution < -0.4 is 4.72 Å². The van der Waals surface area contributed by atoms with Crippen LogP contribution in [0.5, 0.6) is 0 Å². The number of piperazine rings is 1. The van der Waals surface area contributed by atoms with Gasteiger partial charge in [0.25, 0.3) is 5.91 Å². The number of piperidine rings is 1. The third-order valence-corrected chi connectivity index (χ3v) is 10.7. The maximum absolute atomic E-state index is 13.4. The second kappa shape index (κ2) is 13.0. The lowest BCUT2D eigenvalue weighted by molar-refractivity contribution is -0.143. The molecule has 44 heavy (non-hydrogen) atoms. The van der Waals surface area contributed by atoms with Gasteiger partial charge in [-0.2, -0.15) is 4.72 Å². The van der Waals surface area contributed by atoms with Crippen LogP contribution in [-0.2, 0) is 19.6 Å². The Hall–Kier alpha value is -3.33. The van der Waals surface area contributed by atoms with Gasteiger partial charge in [-0.05, 0) is 60.7 Å². The van der Waals surface area contributed by atoms with Gasteiger partial charge in [0.2, 0.25) is 27.6 Å². The molecule has 1 aromatic heterocycles. The van der Waals surface area contributed by atoms with Crippen LogP contribution in [0.3, 0.4) is 0 Å². The summed E-state index contributed by atoms with van der Waals surface area (Å²) in [5, 5.41) is 5.29. The number of nitrogens with one attached hydrogen (secondary N) is 1. The zero-order chi connectivity index (χ0) is 30.8. The van der Waals surface area contributed by atoms with Crippen LogP contribution in [0.2, 0.25) is 0 Å². The van der Waals surface area contributed by atoms with Crippen molar-refractivity contribution in [2.75, 3.05) is 52.4 Å². The van der Waals surface area contributed by atoms with E-state index in [9.17, 15) is 22.8 Å². The summed E-state index contributed by atoms with van der Waals surface area (Å²) in [5.41, 5.74) is 0. The first kappa shape index (κ1) is 30.7. The molecule has 0 spiro atoms. The van der Waals surface area contributed by atoms with Gasteiger partial charge >= 0.3 is 0 Å². The summed E-state index contributed by atoms with van der Waals surface area (Å²) in [5.74, 6) is -0.432. The fourth-order valence-corrected chi connectivity index (χ4v) is 7.98. The van der Waals surface area contributed by atoms with Crippen LogP contribution in [-0.4, -0.2) is 115 Å². The standard InChI is InChI=1S/C30H35BrN6O6S/c31-23-7-5-22-18-25(8-6-21(22)17-23)44(41,42)33-26-4-2-11-36(29(26)39)20-28(38)37-12-1-3-24(37)19-34-13-15-35(16-14-34)30(40)27-9-10-32-43-27/h5-10,17-18,24,26,33H,1-4,11-16,19-20H2. The summed E-state index contributed by atoms with van der Waals surface area (Å²) in [6.45, 7) is 4.19. The van der Waals surface area contributed by atoms with E-state index in [1.54, 1.807) is 23.1 Å². The minimum atomic E-state index is -3.95. The lowest BCUT2D eigenvalue weighted by Crippen LogP contribution is -2.56. The molecule has 0 radical (unpaired) electrons. The molecule has 6 rings (SSSR count). The molecule has 0 aliphatic carbocycles. The van der Waals surface area contributed by atoms with E-state index in [2.05, 4.69) is 30.7 Å². The van der Waals surface area contributed by atoms with E-state index in [4.69, 9.17) is 4.52 Å². The molecule has 0 bridgehead atoms. The first-order chi connectivity index (χ1) is 21.2. The summed E-state index contributed by atoms with van der Waals surface area (Å²) in [6.07, 6.45) is 4.19. The van der Waals surface area contributed by atoms with Gasteiger partial charge < -0.3 is 19.2 Å². The average Bonchev–Trinajstić information content (AvgIpc) is 3.72. The number of likely N-dealkylation sites (tertiary alicyclic amines) is 2. The Morgan fingerprint density at radius 3 is 2.48 bits per heavy atom. The predicted octanol–water partition coefficient (Wildman–Crippen LogP) is 2.31. The molecule has 2 atom stereocenters. The van der Waals surface area contributed by atoms with Crippen LogP contribution >= 0.6 is 15.9 Å². The molecule has 3 aliphatic heterocycles. The zero-order valence-electron chi connectivity index (χ0n) is 24.2. The summed E-state index contributed by atoms with van der Waals surface area (Å²) < 4.78 is 35.0. The Balaban J connectivity index is 1.03. The number of hydrogen-bond donors (Lipinski definition) is 1. The van der Waals surface area contributed by atoms with E-state index in [1.807, 2.05) is 23.1 Å². The minimum Gasteiger partial charge on any atom is -0.351 e. The highest BCUT2D eigenvalue weighted by Gasteiger charge is 2.37. The average molecular weight is 688 g/mol. The molecule has 14 heteroatoms. The van der Waals surface area contributed by atoms with E-state index >= 15 is 0 Å². The van der Waals surface area contributed by atoms with Crippen molar-refractivity contribution < 1.29 is 27.3 Å². The molecular formula is C30H35BrN6O6S. The van der Waals surface area contributed by atoms with Crippen molar-refractivity contribution in [2.24, 2.45) is 0 Å². The second-order valence-electron chi connectivity index (χ2n) is 11.6. The van der Waals surface area contributed by atoms with Crippen molar-refractivity contribution in [3.8, 4) is 0 Å². The van der Waals surface area contributed by atoms with Crippen molar-refractivity contribution in [3.05, 3.63) is 58.9 Å². The fourth-order valence-electron chi connectivity index (χ4n) is 6.35. The number of nitrogens with zero attached hydrogens (tertiary/aromatic N) is 5. The molecule has 3 fully saturated rings. The molecule has 3 saturated heterocycles. The molecule has 2 unspecified atom stereocenters. The first-order valence-electron chi connectivity index (χ1n) is 14.9. The van der Waals surface area contributed by atoms with Gasteiger partial charge in [-0.1, -0.05) is 33.2 Å². The van der Waals surface area contributed by atoms with Crippen LogP contribution in [0, 0.1) is 0 Å². The van der Waals surface area contributed by atoms with Crippen molar-refractivity contribution in [3.63, 3.8) is 0 Å². The maximum Gasteiger partial charge on any atom is 0.292 e. The molecule has 4 heterocycles. The zero-order valence-corrected chi connectivity index (χ0v) is 26.6. The van der Waals surface area contributed by atoms with Crippen LogP contribution in [0.4, 0.5) is 0 Å². The number of benzene rings is 2. The quantitative estimate of drug-likeness (QED) is 0.381. The fraction of sp³-hybridized carbons (Fsp3) is 0.467. The topological polar surface area (TPSA) is 136 Å². The number of carbonyl (C=O) groups excluding carboxylic acids is 3. The van der Waals surface area contributed by atoms with Crippen molar-refractivity contribution in [1.82, 2.24) is 29.5 Å². The van der Waals surface area contributed by atoms with Crippen molar-refractivity contribution in [2.45, 2.75) is 42.7 Å². The number of halogens is 1. The number of carbonyl (C=O) groups is 3. The smallest absolute Gasteiger partial charge is 0.292 e. The number of sulfonamides is 1. The van der Waals surface area contributed by atoms with Crippen LogP contribution in [0.25, 0.3) is 10.8 Å². The Morgan fingerprint density at radius 1 is 0.955 bits per heavy atom. The lowest BCUT2D eigenvalue weighted by Gasteiger charge is -2.38. The highest BCUT2D eigenvalue weighted by Crippen LogP contribution is 2.25. The maximum atomic E-state index is 13.4. The third kappa shape index (κ3) is 6.67. The molecule has 2 aromatic carbocycles. The molecule has 1 N–H and O–H groups in total. The molecule has 12 nitrogen and oxygen atoms in total. The largest absolute Gasteiger partial charge is 0.351 e. The summed E-state index contributed by atoms with van der Waals surface area (Å²) in [6, 6.07) is 11.1. The van der Waals surface area contributed by atoms with Crippen LogP contribution in [0.15, 0.2) is 62.6 Å². The van der Waals surface area contributed by atoms with E-state index in [-0.39, 0.29) is 41.0 Å². The van der Waals surface area contributed by atoms with Gasteiger partial charge in [0.05, 0.1) is 17.6 Å². The molecule has 0 saturated carbocycles. The Morgan fingerprint density at radius 2 is 1.70 bits per heavy atom. The van der Waals surface area contributed by atoms with Crippen molar-refractivity contribution in [1.29, 1.82) is 0 Å². The lowest BCUT2D eigenvalue weighted by atomic mass is 10.1. The third-order valence-electron chi connectivity index (χ3n) is 8.71. The molecule has 3 aliphatic rings. The summed E-state index contributed by atoms with van der Waals surface area (Å²) in [4.78, 5) is 46.8. The van der Waals surface area contributed by atoms with Gasteiger partial charge in [-0.15, -0.1) is 0 Å².